The Morgan fingerprint density at radius 1 is 0.903 bits per heavy atom. The van der Waals surface area contributed by atoms with E-state index in [1.807, 2.05) is 27.2 Å². The third-order valence-corrected chi connectivity index (χ3v) is 6.81. The van der Waals surface area contributed by atoms with Crippen LogP contribution < -0.4 is 0 Å². The molecule has 3 atom stereocenters. The smallest absolute Gasteiger partial charge is 0.329 e. The van der Waals surface area contributed by atoms with Crippen LogP contribution in [0, 0.1) is 17.8 Å². The molecule has 1 N–H and O–H groups in total. The second-order valence-corrected chi connectivity index (χ2v) is 12.5. The molecule has 0 aromatic heterocycles. The molecule has 0 amide bonds. The zero-order valence-corrected chi connectivity index (χ0v) is 22.8. The van der Waals surface area contributed by atoms with E-state index in [-0.39, 0.29) is 13.2 Å². The van der Waals surface area contributed by atoms with Crippen LogP contribution in [0.4, 0.5) is 0 Å². The van der Waals surface area contributed by atoms with Crippen LogP contribution in [0.15, 0.2) is 11.6 Å². The Labute approximate surface area is 193 Å². The van der Waals surface area contributed by atoms with E-state index in [1.165, 1.54) is 50.5 Å². The molecule has 0 radical (unpaired) electrons. The highest BCUT2D eigenvalue weighted by Gasteiger charge is 2.21. The van der Waals surface area contributed by atoms with Gasteiger partial charge < -0.3 is 9.38 Å². The molecule has 0 spiro atoms. The Kier molecular flexibility index (Phi) is 16.3. The van der Waals surface area contributed by atoms with Crippen molar-refractivity contribution in [3.63, 3.8) is 0 Å². The van der Waals surface area contributed by atoms with Gasteiger partial charge in [0.25, 0.3) is 0 Å². The van der Waals surface area contributed by atoms with Crippen LogP contribution in [0.1, 0.15) is 92.4 Å². The molecule has 0 fully saturated rings. The molecule has 0 heterocycles. The Hall–Kier alpha value is -0.190. The third kappa shape index (κ3) is 21.4. The zero-order valence-electron chi connectivity index (χ0n) is 21.9. The molecular weight excluding hydrogens is 409 g/mol. The molecule has 6 heteroatoms. The fraction of sp³-hybridized carbons (Fsp3) is 0.920. The van der Waals surface area contributed by atoms with Gasteiger partial charge in [0.15, 0.2) is 0 Å². The first kappa shape index (κ1) is 30.8. The first-order valence-electron chi connectivity index (χ1n) is 12.4. The number of hydrogen-bond donors (Lipinski definition) is 1. The molecule has 5 nitrogen and oxygen atoms in total. The van der Waals surface area contributed by atoms with Gasteiger partial charge in [0.1, 0.15) is 13.2 Å². The first-order valence-corrected chi connectivity index (χ1v) is 13.9. The standard InChI is InChI=1S/C25H52NO4P/c1-22(2)12-9-13-23(3)14-10-15-24(4)16-11-17-25(5)18-20-29-31(27,28)30-21-19-26(6,7)8/h18,22-24H,9-17,19-21H2,1-8H3/p+1/t23-,24-/m1/s1. The molecule has 0 saturated carbocycles. The van der Waals surface area contributed by atoms with E-state index in [2.05, 4.69) is 34.6 Å². The van der Waals surface area contributed by atoms with Gasteiger partial charge in [0, 0.05) is 0 Å². The van der Waals surface area contributed by atoms with Crippen LogP contribution in [-0.2, 0) is 13.6 Å². The van der Waals surface area contributed by atoms with Crippen molar-refractivity contribution >= 4 is 7.82 Å². The Balaban J connectivity index is 3.87. The maximum atomic E-state index is 11.9. The average Bonchev–Trinajstić information content (AvgIpc) is 2.59. The Morgan fingerprint density at radius 3 is 1.94 bits per heavy atom. The van der Waals surface area contributed by atoms with Gasteiger partial charge in [-0.15, -0.1) is 0 Å². The number of hydrogen-bond acceptors (Lipinski definition) is 3. The summed E-state index contributed by atoms with van der Waals surface area (Å²) >= 11 is 0. The monoisotopic (exact) mass is 462 g/mol. The summed E-state index contributed by atoms with van der Waals surface area (Å²) in [6, 6.07) is 0. The first-order chi connectivity index (χ1) is 14.3. The average molecular weight is 463 g/mol. The molecule has 0 aliphatic heterocycles. The van der Waals surface area contributed by atoms with Crippen LogP contribution in [0.25, 0.3) is 0 Å². The van der Waals surface area contributed by atoms with Gasteiger partial charge in [-0.2, -0.15) is 0 Å². The molecule has 0 aliphatic carbocycles. The fourth-order valence-corrected chi connectivity index (χ4v) is 4.20. The highest BCUT2D eigenvalue weighted by Crippen LogP contribution is 2.43. The third-order valence-electron chi connectivity index (χ3n) is 5.83. The molecule has 0 bridgehead atoms. The molecule has 1 unspecified atom stereocenters. The topological polar surface area (TPSA) is 55.8 Å². The van der Waals surface area contributed by atoms with Crippen molar-refractivity contribution in [1.29, 1.82) is 0 Å². The summed E-state index contributed by atoms with van der Waals surface area (Å²) in [4.78, 5) is 9.74. The lowest BCUT2D eigenvalue weighted by molar-refractivity contribution is -0.870. The summed E-state index contributed by atoms with van der Waals surface area (Å²) in [5.41, 5.74) is 1.21. The van der Waals surface area contributed by atoms with Gasteiger partial charge in [-0.1, -0.05) is 84.3 Å². The van der Waals surface area contributed by atoms with E-state index in [0.29, 0.717) is 11.0 Å². The molecule has 0 rings (SSSR count). The maximum absolute atomic E-state index is 11.9. The fourth-order valence-electron chi connectivity index (χ4n) is 3.55. The van der Waals surface area contributed by atoms with Crippen LogP contribution in [-0.4, -0.2) is 50.3 Å². The van der Waals surface area contributed by atoms with Gasteiger partial charge in [0.05, 0.1) is 27.7 Å². The number of phosphoric acid groups is 1. The number of rotatable bonds is 19. The molecular formula is C25H53NO4P+. The van der Waals surface area contributed by atoms with Crippen LogP contribution in [0.5, 0.6) is 0 Å². The van der Waals surface area contributed by atoms with Crippen molar-refractivity contribution in [2.75, 3.05) is 40.9 Å². The number of nitrogens with zero attached hydrogens (tertiary/aromatic N) is 1. The van der Waals surface area contributed by atoms with E-state index < -0.39 is 7.82 Å². The van der Waals surface area contributed by atoms with Crippen molar-refractivity contribution in [2.45, 2.75) is 92.4 Å². The minimum atomic E-state index is -3.96. The van der Waals surface area contributed by atoms with E-state index in [9.17, 15) is 9.46 Å². The van der Waals surface area contributed by atoms with E-state index in [1.54, 1.807) is 0 Å². The zero-order chi connectivity index (χ0) is 23.9. The lowest BCUT2D eigenvalue weighted by atomic mass is 9.91. The van der Waals surface area contributed by atoms with Gasteiger partial charge in [0.2, 0.25) is 0 Å². The number of phosphoric ester groups is 1. The quantitative estimate of drug-likeness (QED) is 0.125. The van der Waals surface area contributed by atoms with Crippen LogP contribution in [0.3, 0.4) is 0 Å². The van der Waals surface area contributed by atoms with Gasteiger partial charge in [-0.05, 0) is 37.5 Å². The summed E-state index contributed by atoms with van der Waals surface area (Å²) < 4.78 is 22.7. The molecule has 0 saturated heterocycles. The molecule has 0 aromatic rings. The van der Waals surface area contributed by atoms with Gasteiger partial charge in [-0.3, -0.25) is 9.05 Å². The van der Waals surface area contributed by atoms with Crippen molar-refractivity contribution in [1.82, 2.24) is 0 Å². The van der Waals surface area contributed by atoms with E-state index in [4.69, 9.17) is 9.05 Å². The summed E-state index contributed by atoms with van der Waals surface area (Å²) in [7, 11) is 2.06. The van der Waals surface area contributed by atoms with Gasteiger partial charge >= 0.3 is 7.82 Å². The summed E-state index contributed by atoms with van der Waals surface area (Å²) in [5, 5.41) is 0. The molecule has 31 heavy (non-hydrogen) atoms. The van der Waals surface area contributed by atoms with Crippen molar-refractivity contribution in [3.8, 4) is 0 Å². The summed E-state index contributed by atoms with van der Waals surface area (Å²) in [5.74, 6) is 2.45. The van der Waals surface area contributed by atoms with Gasteiger partial charge in [-0.25, -0.2) is 4.57 Å². The van der Waals surface area contributed by atoms with Crippen molar-refractivity contribution in [2.24, 2.45) is 17.8 Å². The SMILES string of the molecule is CC(=CCOP(=O)(O)OCC[N+](C)(C)C)CCC[C@H](C)CCC[C@H](C)CCCC(C)C. The summed E-state index contributed by atoms with van der Waals surface area (Å²) in [6.45, 7) is 12.4. The Morgan fingerprint density at radius 2 is 1.42 bits per heavy atom. The highest BCUT2D eigenvalue weighted by molar-refractivity contribution is 7.47. The Bertz CT molecular complexity index is 528. The predicted octanol–water partition coefficient (Wildman–Crippen LogP) is 7.21. The largest absolute Gasteiger partial charge is 0.472 e. The molecule has 0 aromatic carbocycles. The second kappa shape index (κ2) is 16.4. The predicted molar refractivity (Wildman–Crippen MR) is 133 cm³/mol. The number of allylic oxidation sites excluding steroid dienone is 1. The lowest BCUT2D eigenvalue weighted by Gasteiger charge is -2.23. The lowest BCUT2D eigenvalue weighted by Crippen LogP contribution is -2.37. The molecule has 186 valence electrons. The highest BCUT2D eigenvalue weighted by atomic mass is 31.2. The van der Waals surface area contributed by atoms with Crippen LogP contribution >= 0.6 is 7.82 Å². The molecule has 0 aliphatic rings. The maximum Gasteiger partial charge on any atom is 0.472 e. The second-order valence-electron chi connectivity index (χ2n) is 11.0. The van der Waals surface area contributed by atoms with E-state index in [0.717, 1.165) is 30.6 Å². The van der Waals surface area contributed by atoms with E-state index >= 15 is 0 Å². The summed E-state index contributed by atoms with van der Waals surface area (Å²) in [6.07, 6.45) is 13.4. The van der Waals surface area contributed by atoms with Crippen LogP contribution in [0.2, 0.25) is 0 Å². The number of quaternary nitrogens is 1. The minimum absolute atomic E-state index is 0.119. The van der Waals surface area contributed by atoms with Crippen molar-refractivity contribution in [3.05, 3.63) is 11.6 Å². The minimum Gasteiger partial charge on any atom is -0.329 e. The van der Waals surface area contributed by atoms with Crippen molar-refractivity contribution < 1.29 is 23.0 Å². The normalized spacial score (nSPS) is 17.0. The number of likely N-dealkylation sites (N-methyl/N-ethyl adjacent to an activating group) is 1.